The molecule has 3 aromatic rings. The molecule has 0 fully saturated rings. The van der Waals surface area contributed by atoms with Crippen LogP contribution in [0.5, 0.6) is 0 Å². The normalized spacial score (nSPS) is 12.9. The number of amides is 2. The van der Waals surface area contributed by atoms with Crippen molar-refractivity contribution in [3.8, 4) is 0 Å². The third-order valence-corrected chi connectivity index (χ3v) is 8.71. The van der Waals surface area contributed by atoms with Crippen molar-refractivity contribution in [1.29, 1.82) is 0 Å². The van der Waals surface area contributed by atoms with E-state index in [2.05, 4.69) is 5.32 Å². The Bertz CT molecular complexity index is 1420. The predicted octanol–water partition coefficient (Wildman–Crippen LogP) is 5.66. The van der Waals surface area contributed by atoms with Gasteiger partial charge in [-0.25, -0.2) is 12.8 Å². The van der Waals surface area contributed by atoms with Crippen molar-refractivity contribution in [2.45, 2.75) is 50.7 Å². The van der Waals surface area contributed by atoms with Gasteiger partial charge in [0.2, 0.25) is 11.8 Å². The van der Waals surface area contributed by atoms with Gasteiger partial charge in [0.15, 0.2) is 0 Å². The first-order valence-corrected chi connectivity index (χ1v) is 14.5. The fourth-order valence-electron chi connectivity index (χ4n) is 3.75. The SMILES string of the molecule is CC[C@H](C)NC(=O)[C@H](C)N(Cc1ccccc1Cl)C(=O)CN(c1ccc(F)c(Cl)c1)S(=O)(=O)c1ccccc1. The second-order valence-corrected chi connectivity index (χ2v) is 11.7. The van der Waals surface area contributed by atoms with Crippen molar-refractivity contribution in [2.75, 3.05) is 10.8 Å². The first kappa shape index (κ1) is 30.4. The number of anilines is 1. The molecule has 0 unspecified atom stereocenters. The van der Waals surface area contributed by atoms with Crippen molar-refractivity contribution < 1.29 is 22.4 Å². The number of hydrogen-bond acceptors (Lipinski definition) is 4. The lowest BCUT2D eigenvalue weighted by Gasteiger charge is -2.32. The molecule has 0 aliphatic carbocycles. The topological polar surface area (TPSA) is 86.8 Å². The largest absolute Gasteiger partial charge is 0.352 e. The summed E-state index contributed by atoms with van der Waals surface area (Å²) in [6.07, 6.45) is 0.686. The van der Waals surface area contributed by atoms with Crippen LogP contribution in [0.15, 0.2) is 77.7 Å². The molecule has 0 aliphatic rings. The van der Waals surface area contributed by atoms with Crippen LogP contribution < -0.4 is 9.62 Å². The average Bonchev–Trinajstić information content (AvgIpc) is 2.92. The number of benzene rings is 3. The van der Waals surface area contributed by atoms with Gasteiger partial charge in [-0.1, -0.05) is 66.5 Å². The first-order chi connectivity index (χ1) is 18.4. The van der Waals surface area contributed by atoms with Gasteiger partial charge in [-0.05, 0) is 62.2 Å². The van der Waals surface area contributed by atoms with Crippen LogP contribution in [0.25, 0.3) is 0 Å². The van der Waals surface area contributed by atoms with Gasteiger partial charge in [0.25, 0.3) is 10.0 Å². The number of sulfonamides is 1. The lowest BCUT2D eigenvalue weighted by atomic mass is 10.1. The van der Waals surface area contributed by atoms with E-state index in [1.54, 1.807) is 49.4 Å². The molecule has 0 aromatic heterocycles. The summed E-state index contributed by atoms with van der Waals surface area (Å²) in [5.74, 6) is -1.80. The molecule has 3 rings (SSSR count). The summed E-state index contributed by atoms with van der Waals surface area (Å²) < 4.78 is 42.2. The lowest BCUT2D eigenvalue weighted by Crippen LogP contribution is -2.52. The molecule has 0 aliphatic heterocycles. The minimum absolute atomic E-state index is 0.00648. The second-order valence-electron chi connectivity index (χ2n) is 9.03. The number of nitrogens with one attached hydrogen (secondary N) is 1. The maximum atomic E-state index is 13.9. The predicted molar refractivity (Wildman–Crippen MR) is 152 cm³/mol. The van der Waals surface area contributed by atoms with Gasteiger partial charge >= 0.3 is 0 Å². The summed E-state index contributed by atoms with van der Waals surface area (Å²) in [5.41, 5.74) is 0.575. The minimum atomic E-state index is -4.28. The third-order valence-electron chi connectivity index (χ3n) is 6.27. The van der Waals surface area contributed by atoms with Crippen LogP contribution in [0.1, 0.15) is 32.8 Å². The monoisotopic (exact) mass is 593 g/mol. The van der Waals surface area contributed by atoms with Crippen LogP contribution in [-0.4, -0.2) is 43.8 Å². The van der Waals surface area contributed by atoms with Gasteiger partial charge in [0.1, 0.15) is 18.4 Å². The van der Waals surface area contributed by atoms with E-state index in [-0.39, 0.29) is 28.2 Å². The fraction of sp³-hybridized carbons (Fsp3) is 0.286. The Kier molecular flexibility index (Phi) is 10.4. The van der Waals surface area contributed by atoms with Crippen LogP contribution in [0.2, 0.25) is 10.0 Å². The Hall–Kier alpha value is -3.14. The van der Waals surface area contributed by atoms with Gasteiger partial charge in [0.05, 0.1) is 15.6 Å². The number of halogens is 3. The van der Waals surface area contributed by atoms with E-state index >= 15 is 0 Å². The van der Waals surface area contributed by atoms with Gasteiger partial charge < -0.3 is 10.2 Å². The summed E-state index contributed by atoms with van der Waals surface area (Å²) in [7, 11) is -4.28. The molecule has 0 heterocycles. The molecular weight excluding hydrogens is 564 g/mol. The Labute approximate surface area is 238 Å². The zero-order chi connectivity index (χ0) is 28.7. The van der Waals surface area contributed by atoms with Crippen molar-refractivity contribution in [1.82, 2.24) is 10.2 Å². The molecule has 1 N–H and O–H groups in total. The zero-order valence-corrected chi connectivity index (χ0v) is 24.1. The van der Waals surface area contributed by atoms with Gasteiger partial charge in [0, 0.05) is 17.6 Å². The van der Waals surface area contributed by atoms with E-state index in [0.717, 1.165) is 16.4 Å². The van der Waals surface area contributed by atoms with E-state index < -0.39 is 40.2 Å². The van der Waals surface area contributed by atoms with E-state index in [0.29, 0.717) is 17.0 Å². The summed E-state index contributed by atoms with van der Waals surface area (Å²) >= 11 is 12.3. The van der Waals surface area contributed by atoms with Crippen molar-refractivity contribution >= 4 is 50.7 Å². The van der Waals surface area contributed by atoms with Crippen LogP contribution in [-0.2, 0) is 26.2 Å². The molecule has 0 bridgehead atoms. The minimum Gasteiger partial charge on any atom is -0.352 e. The lowest BCUT2D eigenvalue weighted by molar-refractivity contribution is -0.139. The first-order valence-electron chi connectivity index (χ1n) is 12.3. The Morgan fingerprint density at radius 2 is 1.59 bits per heavy atom. The molecule has 208 valence electrons. The molecule has 11 heteroatoms. The highest BCUT2D eigenvalue weighted by Crippen LogP contribution is 2.28. The quantitative estimate of drug-likeness (QED) is 0.311. The Balaban J connectivity index is 2.05. The number of nitrogens with zero attached hydrogens (tertiary/aromatic N) is 2. The van der Waals surface area contributed by atoms with Crippen LogP contribution >= 0.6 is 23.2 Å². The molecule has 7 nitrogen and oxygen atoms in total. The molecule has 2 amide bonds. The molecule has 0 saturated heterocycles. The third kappa shape index (κ3) is 7.50. The molecule has 3 aromatic carbocycles. The van der Waals surface area contributed by atoms with Crippen molar-refractivity contribution in [3.05, 3.63) is 94.2 Å². The zero-order valence-electron chi connectivity index (χ0n) is 21.8. The van der Waals surface area contributed by atoms with E-state index in [1.165, 1.54) is 23.1 Å². The average molecular weight is 595 g/mol. The maximum absolute atomic E-state index is 13.9. The smallest absolute Gasteiger partial charge is 0.264 e. The summed E-state index contributed by atoms with van der Waals surface area (Å²) in [6, 6.07) is 16.7. The Morgan fingerprint density at radius 3 is 2.21 bits per heavy atom. The van der Waals surface area contributed by atoms with Crippen LogP contribution in [0.3, 0.4) is 0 Å². The number of hydrogen-bond donors (Lipinski definition) is 1. The standard InChI is InChI=1S/C28H30Cl2FN3O4S/c1-4-19(2)32-28(36)20(3)33(17-21-10-8-9-13-24(21)29)27(35)18-34(22-14-15-26(31)25(30)16-22)39(37,38)23-11-6-5-7-12-23/h5-16,19-20H,4,17-18H2,1-3H3,(H,32,36)/t19-,20-/m0/s1. The molecule has 39 heavy (non-hydrogen) atoms. The van der Waals surface area contributed by atoms with Gasteiger partial charge in [-0.15, -0.1) is 0 Å². The maximum Gasteiger partial charge on any atom is 0.264 e. The van der Waals surface area contributed by atoms with E-state index in [1.807, 2.05) is 13.8 Å². The van der Waals surface area contributed by atoms with Gasteiger partial charge in [-0.2, -0.15) is 0 Å². The highest BCUT2D eigenvalue weighted by atomic mass is 35.5. The molecule has 0 radical (unpaired) electrons. The number of carbonyl (C=O) groups is 2. The Morgan fingerprint density at radius 1 is 0.949 bits per heavy atom. The van der Waals surface area contributed by atoms with Gasteiger partial charge in [-0.3, -0.25) is 13.9 Å². The fourth-order valence-corrected chi connectivity index (χ4v) is 5.54. The summed E-state index contributed by atoms with van der Waals surface area (Å²) in [5, 5.41) is 2.95. The summed E-state index contributed by atoms with van der Waals surface area (Å²) in [6.45, 7) is 4.61. The molecule has 2 atom stereocenters. The summed E-state index contributed by atoms with van der Waals surface area (Å²) in [4.78, 5) is 28.1. The molecule has 0 spiro atoms. The van der Waals surface area contributed by atoms with Crippen LogP contribution in [0.4, 0.5) is 10.1 Å². The van der Waals surface area contributed by atoms with Crippen molar-refractivity contribution in [3.63, 3.8) is 0 Å². The highest BCUT2D eigenvalue weighted by Gasteiger charge is 2.33. The van der Waals surface area contributed by atoms with Crippen molar-refractivity contribution in [2.24, 2.45) is 0 Å². The second kappa shape index (κ2) is 13.3. The van der Waals surface area contributed by atoms with E-state index in [9.17, 15) is 22.4 Å². The van der Waals surface area contributed by atoms with E-state index in [4.69, 9.17) is 23.2 Å². The molecular formula is C28H30Cl2FN3O4S. The highest BCUT2D eigenvalue weighted by molar-refractivity contribution is 7.92. The number of carbonyl (C=O) groups excluding carboxylic acids is 2. The number of rotatable bonds is 11. The molecule has 0 saturated carbocycles. The van der Waals surface area contributed by atoms with Crippen LogP contribution in [0, 0.1) is 5.82 Å².